The fourth-order valence-corrected chi connectivity index (χ4v) is 6.34. The minimum absolute atomic E-state index is 0.0194. The second-order valence-corrected chi connectivity index (χ2v) is 10.5. The van der Waals surface area contributed by atoms with Crippen molar-refractivity contribution in [1.29, 1.82) is 0 Å². The summed E-state index contributed by atoms with van der Waals surface area (Å²) in [4.78, 5) is 19.3. The number of benzene rings is 2. The molecule has 3 heterocycles. The van der Waals surface area contributed by atoms with Gasteiger partial charge < -0.3 is 9.64 Å². The van der Waals surface area contributed by atoms with Gasteiger partial charge in [0.15, 0.2) is 0 Å². The first-order valence-electron chi connectivity index (χ1n) is 12.0. The van der Waals surface area contributed by atoms with E-state index in [1.54, 1.807) is 11.1 Å². The van der Waals surface area contributed by atoms with Crippen LogP contribution in [0.1, 0.15) is 42.4 Å². The molecule has 2 aromatic carbocycles. The van der Waals surface area contributed by atoms with Gasteiger partial charge >= 0.3 is 6.18 Å². The number of alkyl halides is 3. The molecule has 1 saturated carbocycles. The highest BCUT2D eigenvalue weighted by molar-refractivity contribution is 9.10. The number of pyridine rings is 1. The highest BCUT2D eigenvalue weighted by atomic mass is 79.9. The van der Waals surface area contributed by atoms with Gasteiger partial charge in [0.05, 0.1) is 35.3 Å². The molecule has 6 rings (SSSR count). The van der Waals surface area contributed by atoms with E-state index in [0.29, 0.717) is 31.2 Å². The lowest BCUT2D eigenvalue weighted by atomic mass is 9.69. The van der Waals surface area contributed by atoms with Crippen molar-refractivity contribution in [3.63, 3.8) is 0 Å². The van der Waals surface area contributed by atoms with Crippen molar-refractivity contribution in [3.8, 4) is 5.75 Å². The number of hydrogen-bond donors (Lipinski definition) is 1. The van der Waals surface area contributed by atoms with Gasteiger partial charge in [0.1, 0.15) is 5.75 Å². The zero-order valence-corrected chi connectivity index (χ0v) is 21.1. The largest absolute Gasteiger partial charge is 0.490 e. The Balaban J connectivity index is 1.25. The predicted octanol–water partition coefficient (Wildman–Crippen LogP) is 6.55. The average molecular weight is 571 g/mol. The quantitative estimate of drug-likeness (QED) is 0.302. The van der Waals surface area contributed by atoms with Crippen molar-refractivity contribution in [2.24, 2.45) is 0 Å². The fraction of sp³-hybridized carbons (Fsp3) is 0.296. The van der Waals surface area contributed by atoms with Gasteiger partial charge in [-0.25, -0.2) is 0 Å². The van der Waals surface area contributed by atoms with Gasteiger partial charge in [-0.15, -0.1) is 0 Å². The maximum atomic E-state index is 14.0. The first-order chi connectivity index (χ1) is 17.7. The highest BCUT2D eigenvalue weighted by Gasteiger charge is 2.53. The van der Waals surface area contributed by atoms with Gasteiger partial charge in [0.25, 0.3) is 0 Å². The molecule has 4 aromatic rings. The van der Waals surface area contributed by atoms with E-state index < -0.39 is 17.2 Å². The number of nitrogens with one attached hydrogen (secondary N) is 1. The summed E-state index contributed by atoms with van der Waals surface area (Å²) >= 11 is 3.64. The summed E-state index contributed by atoms with van der Waals surface area (Å²) in [7, 11) is 0. The lowest BCUT2D eigenvalue weighted by Crippen LogP contribution is -2.44. The molecule has 1 fully saturated rings. The van der Waals surface area contributed by atoms with Gasteiger partial charge in [-0.2, -0.15) is 18.3 Å². The van der Waals surface area contributed by atoms with Crippen molar-refractivity contribution in [2.45, 2.75) is 49.9 Å². The minimum atomic E-state index is -4.50. The molecular weight excluding hydrogens is 549 g/mol. The molecule has 37 heavy (non-hydrogen) atoms. The normalized spacial score (nSPS) is 21.6. The molecule has 1 amide bonds. The standard InChI is InChI=1S/C27H22BrF3N4O2/c28-21-2-1-3-23-24(21)26(25(36)35(23)15-16-10-18(14-32-12-16)27(29,30)31)8-6-19(7-9-26)37-20-4-5-22-17(11-20)13-33-34-22/h1-5,10-14,19H,6-9,15H2,(H,33,34). The predicted molar refractivity (Wildman–Crippen MR) is 135 cm³/mol. The smallest absolute Gasteiger partial charge is 0.417 e. The Morgan fingerprint density at radius 1 is 1.11 bits per heavy atom. The Labute approximate surface area is 219 Å². The van der Waals surface area contributed by atoms with E-state index in [0.717, 1.165) is 44.6 Å². The maximum absolute atomic E-state index is 14.0. The Morgan fingerprint density at radius 2 is 1.92 bits per heavy atom. The molecule has 1 N–H and O–H groups in total. The summed E-state index contributed by atoms with van der Waals surface area (Å²) in [5, 5.41) is 7.93. The molecule has 2 aromatic heterocycles. The topological polar surface area (TPSA) is 71.1 Å². The number of carbonyl (C=O) groups excluding carboxylic acids is 1. The molecular formula is C27H22BrF3N4O2. The van der Waals surface area contributed by atoms with E-state index in [9.17, 15) is 18.0 Å². The number of aromatic nitrogens is 3. The van der Waals surface area contributed by atoms with Gasteiger partial charge in [0.2, 0.25) is 5.91 Å². The summed E-state index contributed by atoms with van der Waals surface area (Å²) in [5.74, 6) is 0.665. The third-order valence-corrected chi connectivity index (χ3v) is 8.04. The number of hydrogen-bond acceptors (Lipinski definition) is 4. The number of anilines is 1. The summed E-state index contributed by atoms with van der Waals surface area (Å²) in [6.07, 6.45) is 1.90. The monoisotopic (exact) mass is 570 g/mol. The number of ether oxygens (including phenoxy) is 1. The zero-order chi connectivity index (χ0) is 25.8. The van der Waals surface area contributed by atoms with E-state index in [4.69, 9.17) is 4.74 Å². The van der Waals surface area contributed by atoms with Gasteiger partial charge in [-0.3, -0.25) is 14.9 Å². The van der Waals surface area contributed by atoms with Crippen LogP contribution in [-0.2, 0) is 22.9 Å². The number of fused-ring (bicyclic) bond motifs is 3. The molecule has 10 heteroatoms. The molecule has 0 bridgehead atoms. The Morgan fingerprint density at radius 3 is 2.70 bits per heavy atom. The highest BCUT2D eigenvalue weighted by Crippen LogP contribution is 2.53. The minimum Gasteiger partial charge on any atom is -0.490 e. The SMILES string of the molecule is O=C1N(Cc2cncc(C(F)(F)F)c2)c2cccc(Br)c2C12CCC(Oc1ccc3[nH]ncc3c1)CC2. The number of carbonyl (C=O) groups is 1. The number of H-pyrrole nitrogens is 1. The van der Waals surface area contributed by atoms with Crippen LogP contribution in [0.15, 0.2) is 65.5 Å². The van der Waals surface area contributed by atoms with E-state index in [1.807, 2.05) is 36.4 Å². The second kappa shape index (κ2) is 8.86. The number of nitrogens with zero attached hydrogens (tertiary/aromatic N) is 3. The Kier molecular flexibility index (Phi) is 5.74. The van der Waals surface area contributed by atoms with E-state index in [1.165, 1.54) is 6.20 Å². The molecule has 1 spiro atoms. The van der Waals surface area contributed by atoms with E-state index in [-0.39, 0.29) is 18.6 Å². The summed E-state index contributed by atoms with van der Waals surface area (Å²) in [6.45, 7) is 0.0194. The van der Waals surface area contributed by atoms with E-state index in [2.05, 4.69) is 31.1 Å². The average Bonchev–Trinajstić information content (AvgIpc) is 3.43. The lowest BCUT2D eigenvalue weighted by Gasteiger charge is -2.36. The van der Waals surface area contributed by atoms with Crippen LogP contribution < -0.4 is 9.64 Å². The van der Waals surface area contributed by atoms with Crippen LogP contribution in [0.25, 0.3) is 10.9 Å². The molecule has 2 aliphatic rings. The molecule has 1 aliphatic heterocycles. The number of amides is 1. The van der Waals surface area contributed by atoms with Crippen molar-refractivity contribution in [2.75, 3.05) is 4.90 Å². The van der Waals surface area contributed by atoms with Crippen molar-refractivity contribution in [1.82, 2.24) is 15.2 Å². The molecule has 0 radical (unpaired) electrons. The van der Waals surface area contributed by atoms with Crippen molar-refractivity contribution < 1.29 is 22.7 Å². The number of halogens is 4. The summed E-state index contributed by atoms with van der Waals surface area (Å²) in [5.41, 5.74) is 1.31. The van der Waals surface area contributed by atoms with Crippen LogP contribution in [-0.4, -0.2) is 27.2 Å². The van der Waals surface area contributed by atoms with Crippen LogP contribution in [0, 0.1) is 0 Å². The van der Waals surface area contributed by atoms with Crippen LogP contribution in [0.4, 0.5) is 18.9 Å². The van der Waals surface area contributed by atoms with Gasteiger partial charge in [-0.05, 0) is 67.6 Å². The van der Waals surface area contributed by atoms with Gasteiger partial charge in [-0.1, -0.05) is 22.0 Å². The summed E-state index contributed by atoms with van der Waals surface area (Å²) < 4.78 is 46.8. The van der Waals surface area contributed by atoms with Crippen molar-refractivity contribution in [3.05, 3.63) is 82.2 Å². The Hall–Kier alpha value is -3.40. The lowest BCUT2D eigenvalue weighted by molar-refractivity contribution is -0.137. The Bertz CT molecular complexity index is 1490. The second-order valence-electron chi connectivity index (χ2n) is 9.62. The molecule has 1 aliphatic carbocycles. The molecule has 0 atom stereocenters. The molecule has 0 unspecified atom stereocenters. The third-order valence-electron chi connectivity index (χ3n) is 7.38. The van der Waals surface area contributed by atoms with Crippen LogP contribution in [0.3, 0.4) is 0 Å². The van der Waals surface area contributed by atoms with Crippen LogP contribution in [0.2, 0.25) is 0 Å². The number of aromatic amines is 1. The first-order valence-corrected chi connectivity index (χ1v) is 12.8. The van der Waals surface area contributed by atoms with Crippen LogP contribution in [0.5, 0.6) is 5.75 Å². The van der Waals surface area contributed by atoms with Gasteiger partial charge in [0, 0.05) is 33.5 Å². The number of rotatable bonds is 4. The first kappa shape index (κ1) is 24.0. The van der Waals surface area contributed by atoms with Crippen molar-refractivity contribution >= 4 is 38.4 Å². The third kappa shape index (κ3) is 4.17. The maximum Gasteiger partial charge on any atom is 0.417 e. The molecule has 6 nitrogen and oxygen atoms in total. The van der Waals surface area contributed by atoms with E-state index >= 15 is 0 Å². The molecule has 190 valence electrons. The fourth-order valence-electron chi connectivity index (χ4n) is 5.61. The van der Waals surface area contributed by atoms with Crippen LogP contribution >= 0.6 is 15.9 Å². The summed E-state index contributed by atoms with van der Waals surface area (Å²) in [6, 6.07) is 12.4. The zero-order valence-electron chi connectivity index (χ0n) is 19.6. The molecule has 0 saturated heterocycles.